The third kappa shape index (κ3) is 3.33. The Balaban J connectivity index is 1.44. The van der Waals surface area contributed by atoms with E-state index in [-0.39, 0.29) is 12.0 Å². The maximum atomic E-state index is 13.5. The molecule has 2 fully saturated rings. The number of anilines is 2. The Bertz CT molecular complexity index is 876. The van der Waals surface area contributed by atoms with Crippen molar-refractivity contribution in [3.63, 3.8) is 0 Å². The van der Waals surface area contributed by atoms with Crippen LogP contribution in [0.25, 0.3) is 0 Å². The molecule has 0 aromatic heterocycles. The van der Waals surface area contributed by atoms with Gasteiger partial charge in [0.15, 0.2) is 0 Å². The van der Waals surface area contributed by atoms with E-state index in [1.54, 1.807) is 7.11 Å². The number of hydrogen-bond acceptors (Lipinski definition) is 4. The van der Waals surface area contributed by atoms with Crippen LogP contribution in [0.3, 0.4) is 0 Å². The van der Waals surface area contributed by atoms with Crippen LogP contribution in [0, 0.1) is 5.92 Å². The minimum absolute atomic E-state index is 0.0315. The molecule has 0 aliphatic carbocycles. The largest absolute Gasteiger partial charge is 0.497 e. The van der Waals surface area contributed by atoms with Gasteiger partial charge in [0.05, 0.1) is 19.1 Å². The molecule has 3 aliphatic rings. The van der Waals surface area contributed by atoms with Crippen LogP contribution in [-0.2, 0) is 11.2 Å². The fourth-order valence-electron chi connectivity index (χ4n) is 5.24. The van der Waals surface area contributed by atoms with Crippen molar-refractivity contribution in [2.45, 2.75) is 25.3 Å². The number of fused-ring (bicyclic) bond motifs is 3. The van der Waals surface area contributed by atoms with Crippen molar-refractivity contribution < 1.29 is 9.53 Å². The van der Waals surface area contributed by atoms with Crippen LogP contribution < -0.4 is 14.5 Å². The molecule has 5 rings (SSSR count). The molecule has 5 nitrogen and oxygen atoms in total. The number of likely N-dealkylation sites (tertiary alicyclic amines) is 1. The molecule has 0 saturated carbocycles. The monoisotopic (exact) mass is 391 g/mol. The highest BCUT2D eigenvalue weighted by Gasteiger charge is 2.43. The molecule has 29 heavy (non-hydrogen) atoms. The molecule has 0 spiro atoms. The Labute approximate surface area is 172 Å². The summed E-state index contributed by atoms with van der Waals surface area (Å²) in [6.45, 7) is 4.63. The number of rotatable bonds is 3. The van der Waals surface area contributed by atoms with Gasteiger partial charge in [0, 0.05) is 44.1 Å². The summed E-state index contributed by atoms with van der Waals surface area (Å²) in [5, 5.41) is 0. The smallest absolute Gasteiger partial charge is 0.228 e. The van der Waals surface area contributed by atoms with Gasteiger partial charge in [-0.1, -0.05) is 18.2 Å². The van der Waals surface area contributed by atoms with E-state index in [4.69, 9.17) is 4.74 Å². The first-order valence-corrected chi connectivity index (χ1v) is 10.8. The Hall–Kier alpha value is -2.69. The molecule has 3 heterocycles. The number of carbonyl (C=O) groups is 1. The number of methoxy groups -OCH3 is 1. The summed E-state index contributed by atoms with van der Waals surface area (Å²) in [5.74, 6) is 1.26. The molecule has 1 amide bonds. The summed E-state index contributed by atoms with van der Waals surface area (Å²) in [7, 11) is 1.70. The third-order valence-electron chi connectivity index (χ3n) is 6.80. The van der Waals surface area contributed by atoms with Gasteiger partial charge in [0.25, 0.3) is 0 Å². The zero-order valence-electron chi connectivity index (χ0n) is 17.1. The van der Waals surface area contributed by atoms with Gasteiger partial charge in [0.1, 0.15) is 5.75 Å². The van der Waals surface area contributed by atoms with E-state index < -0.39 is 0 Å². The second-order valence-corrected chi connectivity index (χ2v) is 8.38. The zero-order valence-corrected chi connectivity index (χ0v) is 17.1. The van der Waals surface area contributed by atoms with Crippen LogP contribution in [0.4, 0.5) is 11.4 Å². The van der Waals surface area contributed by atoms with E-state index >= 15 is 0 Å². The Morgan fingerprint density at radius 3 is 2.48 bits per heavy atom. The maximum Gasteiger partial charge on any atom is 0.228 e. The van der Waals surface area contributed by atoms with Gasteiger partial charge in [-0.15, -0.1) is 0 Å². The molecule has 0 bridgehead atoms. The number of amides is 1. The fourth-order valence-corrected chi connectivity index (χ4v) is 5.24. The van der Waals surface area contributed by atoms with Crippen molar-refractivity contribution in [2.24, 2.45) is 5.92 Å². The standard InChI is InChI=1S/C24H29N3O2/c1-29-20-10-8-19(9-11-20)26-14-15-27-22-7-3-2-6-18(22)16-21(23(27)17-26)24(28)25-12-4-5-13-25/h2-3,6-11,21,23H,4-5,12-17H2,1H3/t21-,23-/m1/s1. The lowest BCUT2D eigenvalue weighted by Gasteiger charge is -2.50. The summed E-state index contributed by atoms with van der Waals surface area (Å²) in [4.78, 5) is 20.5. The molecule has 0 unspecified atom stereocenters. The van der Waals surface area contributed by atoms with Gasteiger partial charge in [-0.2, -0.15) is 0 Å². The number of ether oxygens (including phenoxy) is 1. The number of nitrogens with zero attached hydrogens (tertiary/aromatic N) is 3. The zero-order chi connectivity index (χ0) is 19.8. The highest BCUT2D eigenvalue weighted by molar-refractivity contribution is 5.82. The SMILES string of the molecule is COc1ccc(N2CCN3c4ccccc4C[C@@H](C(=O)N4CCCC4)[C@H]3C2)cc1. The summed E-state index contributed by atoms with van der Waals surface area (Å²) in [5.41, 5.74) is 3.84. The number of piperazine rings is 1. The first kappa shape index (κ1) is 18.3. The lowest BCUT2D eigenvalue weighted by Crippen LogP contribution is -2.61. The quantitative estimate of drug-likeness (QED) is 0.805. The maximum absolute atomic E-state index is 13.5. The summed E-state index contributed by atoms with van der Waals surface area (Å²) >= 11 is 0. The van der Waals surface area contributed by atoms with Crippen molar-refractivity contribution in [1.82, 2.24) is 4.90 Å². The van der Waals surface area contributed by atoms with Crippen LogP contribution in [0.1, 0.15) is 18.4 Å². The van der Waals surface area contributed by atoms with Crippen LogP contribution in [-0.4, -0.2) is 56.7 Å². The van der Waals surface area contributed by atoms with E-state index in [9.17, 15) is 4.79 Å². The average Bonchev–Trinajstić information content (AvgIpc) is 3.33. The van der Waals surface area contributed by atoms with E-state index in [0.29, 0.717) is 5.91 Å². The van der Waals surface area contributed by atoms with E-state index in [2.05, 4.69) is 51.1 Å². The lowest BCUT2D eigenvalue weighted by molar-refractivity contribution is -0.135. The summed E-state index contributed by atoms with van der Waals surface area (Å²) in [6, 6.07) is 17.2. The molecule has 2 aromatic carbocycles. The Kier molecular flexibility index (Phi) is 4.82. The minimum atomic E-state index is 0.0315. The molecule has 2 saturated heterocycles. The average molecular weight is 392 g/mol. The van der Waals surface area contributed by atoms with Gasteiger partial charge in [0.2, 0.25) is 5.91 Å². The predicted molar refractivity (Wildman–Crippen MR) is 116 cm³/mol. The number of para-hydroxylation sites is 1. The summed E-state index contributed by atoms with van der Waals surface area (Å²) < 4.78 is 5.31. The van der Waals surface area contributed by atoms with Gasteiger partial charge in [-0.25, -0.2) is 0 Å². The Morgan fingerprint density at radius 2 is 1.72 bits per heavy atom. The highest BCUT2D eigenvalue weighted by atomic mass is 16.5. The van der Waals surface area contributed by atoms with E-state index in [1.807, 2.05) is 12.1 Å². The third-order valence-corrected chi connectivity index (χ3v) is 6.80. The number of carbonyl (C=O) groups excluding carboxylic acids is 1. The number of hydrogen-bond donors (Lipinski definition) is 0. The van der Waals surface area contributed by atoms with Gasteiger partial charge in [-0.3, -0.25) is 4.79 Å². The predicted octanol–water partition coefficient (Wildman–Crippen LogP) is 3.19. The second-order valence-electron chi connectivity index (χ2n) is 8.38. The number of benzene rings is 2. The lowest BCUT2D eigenvalue weighted by atomic mass is 9.83. The van der Waals surface area contributed by atoms with Gasteiger partial charge < -0.3 is 19.4 Å². The first-order valence-electron chi connectivity index (χ1n) is 10.8. The summed E-state index contributed by atoms with van der Waals surface area (Å²) in [6.07, 6.45) is 3.13. The van der Waals surface area contributed by atoms with Gasteiger partial charge in [-0.05, 0) is 55.2 Å². The van der Waals surface area contributed by atoms with Crippen molar-refractivity contribution in [3.8, 4) is 5.75 Å². The first-order chi connectivity index (χ1) is 14.2. The van der Waals surface area contributed by atoms with Crippen LogP contribution in [0.2, 0.25) is 0 Å². The fraction of sp³-hybridized carbons (Fsp3) is 0.458. The van der Waals surface area contributed by atoms with E-state index in [1.165, 1.54) is 16.9 Å². The molecule has 2 atom stereocenters. The molecule has 152 valence electrons. The van der Waals surface area contributed by atoms with Crippen LogP contribution in [0.15, 0.2) is 48.5 Å². The molecule has 3 aliphatic heterocycles. The topological polar surface area (TPSA) is 36.0 Å². The van der Waals surface area contributed by atoms with Crippen LogP contribution >= 0.6 is 0 Å². The normalized spacial score (nSPS) is 23.6. The van der Waals surface area contributed by atoms with Crippen molar-refractivity contribution in [3.05, 3.63) is 54.1 Å². The molecule has 0 radical (unpaired) electrons. The van der Waals surface area contributed by atoms with Crippen molar-refractivity contribution in [2.75, 3.05) is 49.6 Å². The van der Waals surface area contributed by atoms with E-state index in [0.717, 1.165) is 57.7 Å². The molecule has 0 N–H and O–H groups in total. The minimum Gasteiger partial charge on any atom is -0.497 e. The molecule has 2 aromatic rings. The second kappa shape index (κ2) is 7.62. The molecular formula is C24H29N3O2. The van der Waals surface area contributed by atoms with Crippen molar-refractivity contribution in [1.29, 1.82) is 0 Å². The van der Waals surface area contributed by atoms with Crippen molar-refractivity contribution >= 4 is 17.3 Å². The highest BCUT2D eigenvalue weighted by Crippen LogP contribution is 2.38. The molecular weight excluding hydrogens is 362 g/mol. The van der Waals surface area contributed by atoms with Gasteiger partial charge >= 0.3 is 0 Å². The molecule has 5 heteroatoms. The van der Waals surface area contributed by atoms with Crippen LogP contribution in [0.5, 0.6) is 5.75 Å². The Morgan fingerprint density at radius 1 is 0.966 bits per heavy atom.